The summed E-state index contributed by atoms with van der Waals surface area (Å²) in [5.41, 5.74) is -0.0690. The maximum Gasteiger partial charge on any atom is 0.416 e. The van der Waals surface area contributed by atoms with Gasteiger partial charge in [0.1, 0.15) is 0 Å². The Morgan fingerprint density at radius 1 is 1.11 bits per heavy atom. The zero-order valence-corrected chi connectivity index (χ0v) is 15.4. The third-order valence-corrected chi connectivity index (χ3v) is 5.19. The Bertz CT molecular complexity index is 790. The van der Waals surface area contributed by atoms with E-state index in [1.807, 2.05) is 35.6 Å². The molecule has 0 saturated heterocycles. The summed E-state index contributed by atoms with van der Waals surface area (Å²) < 4.78 is 38.9. The molecule has 7 heteroatoms. The van der Waals surface area contributed by atoms with Crippen molar-refractivity contribution >= 4 is 23.2 Å². The lowest BCUT2D eigenvalue weighted by atomic mass is 10.0. The van der Waals surface area contributed by atoms with E-state index >= 15 is 0 Å². The van der Waals surface area contributed by atoms with Crippen LogP contribution in [0.2, 0.25) is 5.02 Å². The summed E-state index contributed by atoms with van der Waals surface area (Å²) in [6.45, 7) is 0. The normalized spacial score (nSPS) is 16.3. The molecule has 144 valence electrons. The first-order valence-electron chi connectivity index (χ1n) is 8.92. The average molecular weight is 398 g/mol. The van der Waals surface area contributed by atoms with E-state index in [1.54, 1.807) is 0 Å². The van der Waals surface area contributed by atoms with Gasteiger partial charge in [-0.3, -0.25) is 4.79 Å². The smallest absolute Gasteiger partial charge is 0.330 e. The Balaban J connectivity index is 1.84. The quantitative estimate of drug-likeness (QED) is 0.764. The number of amides is 1. The lowest BCUT2D eigenvalue weighted by Crippen LogP contribution is -2.92. The number of carbonyl (C=O) groups excluding carboxylic acids is 1. The first-order valence-corrected chi connectivity index (χ1v) is 9.30. The van der Waals surface area contributed by atoms with Crippen LogP contribution in [0.5, 0.6) is 0 Å². The van der Waals surface area contributed by atoms with Crippen LogP contribution in [0.4, 0.5) is 18.9 Å². The lowest BCUT2D eigenvalue weighted by Gasteiger charge is -2.20. The van der Waals surface area contributed by atoms with Crippen LogP contribution in [-0.4, -0.2) is 11.9 Å². The number of halogens is 4. The topological polar surface area (TPSA) is 45.7 Å². The van der Waals surface area contributed by atoms with Crippen molar-refractivity contribution < 1.29 is 23.3 Å². The van der Waals surface area contributed by atoms with Crippen molar-refractivity contribution in [1.82, 2.24) is 0 Å². The highest BCUT2D eigenvalue weighted by molar-refractivity contribution is 6.33. The number of alkyl halides is 3. The lowest BCUT2D eigenvalue weighted by molar-refractivity contribution is -0.714. The summed E-state index contributed by atoms with van der Waals surface area (Å²) in [7, 11) is 0. The van der Waals surface area contributed by atoms with Crippen LogP contribution >= 0.6 is 11.6 Å². The number of rotatable bonds is 5. The second-order valence-electron chi connectivity index (χ2n) is 6.81. The fourth-order valence-electron chi connectivity index (χ4n) is 3.44. The van der Waals surface area contributed by atoms with Gasteiger partial charge in [0.2, 0.25) is 0 Å². The molecule has 0 radical (unpaired) electrons. The highest BCUT2D eigenvalue weighted by atomic mass is 35.5. The first kappa shape index (κ1) is 19.7. The van der Waals surface area contributed by atoms with Gasteiger partial charge >= 0.3 is 6.18 Å². The number of nitrogens with one attached hydrogen (secondary N) is 1. The minimum Gasteiger partial charge on any atom is -0.330 e. The predicted octanol–water partition coefficient (Wildman–Crippen LogP) is 4.54. The van der Waals surface area contributed by atoms with Crippen LogP contribution in [0.3, 0.4) is 0 Å². The van der Waals surface area contributed by atoms with Gasteiger partial charge in [0.05, 0.1) is 22.3 Å². The highest BCUT2D eigenvalue weighted by Gasteiger charge is 2.33. The zero-order valence-electron chi connectivity index (χ0n) is 14.6. The third-order valence-electron chi connectivity index (χ3n) is 4.86. The monoisotopic (exact) mass is 397 g/mol. The summed E-state index contributed by atoms with van der Waals surface area (Å²) in [6.07, 6.45) is -0.186. The van der Waals surface area contributed by atoms with Gasteiger partial charge in [0, 0.05) is 5.56 Å². The predicted molar refractivity (Wildman–Crippen MR) is 98.4 cm³/mol. The van der Waals surface area contributed by atoms with Crippen molar-refractivity contribution in [3.05, 3.63) is 64.7 Å². The van der Waals surface area contributed by atoms with Crippen LogP contribution in [-0.2, 0) is 11.0 Å². The molecule has 0 aliphatic heterocycles. The number of nitrogens with two attached hydrogens (primary N) is 1. The average Bonchev–Trinajstić information content (AvgIpc) is 3.14. The zero-order chi connectivity index (χ0) is 19.4. The molecule has 3 rings (SSSR count). The Labute approximate surface area is 160 Å². The van der Waals surface area contributed by atoms with Crippen LogP contribution < -0.4 is 10.6 Å². The molecule has 0 heterocycles. The second-order valence-corrected chi connectivity index (χ2v) is 7.21. The van der Waals surface area contributed by atoms with E-state index in [0.717, 1.165) is 49.4 Å². The van der Waals surface area contributed by atoms with E-state index in [9.17, 15) is 18.0 Å². The van der Waals surface area contributed by atoms with Crippen molar-refractivity contribution in [2.24, 2.45) is 0 Å². The molecule has 0 spiro atoms. The molecule has 1 aliphatic carbocycles. The van der Waals surface area contributed by atoms with Gasteiger partial charge in [-0.1, -0.05) is 41.9 Å². The van der Waals surface area contributed by atoms with Gasteiger partial charge in [-0.15, -0.1) is 0 Å². The molecular weight excluding hydrogens is 377 g/mol. The number of carbonyl (C=O) groups is 1. The number of anilines is 1. The van der Waals surface area contributed by atoms with Crippen molar-refractivity contribution in [2.75, 3.05) is 5.32 Å². The number of benzene rings is 2. The Morgan fingerprint density at radius 3 is 2.41 bits per heavy atom. The summed E-state index contributed by atoms with van der Waals surface area (Å²) in [5.74, 6) is -0.380. The summed E-state index contributed by atoms with van der Waals surface area (Å²) in [5, 5.41) is 4.68. The SMILES string of the molecule is O=C(Nc1cc(C(F)(F)F)ccc1Cl)[C@H]([NH2+]C1CCCC1)c1ccccc1. The van der Waals surface area contributed by atoms with Gasteiger partial charge in [0.15, 0.2) is 6.04 Å². The van der Waals surface area contributed by atoms with Crippen LogP contribution in [0.15, 0.2) is 48.5 Å². The molecule has 1 fully saturated rings. The van der Waals surface area contributed by atoms with E-state index in [4.69, 9.17) is 11.6 Å². The van der Waals surface area contributed by atoms with Crippen molar-refractivity contribution in [3.63, 3.8) is 0 Å². The summed E-state index contributed by atoms with van der Waals surface area (Å²) in [4.78, 5) is 12.9. The maximum absolute atomic E-state index is 13.0. The molecule has 0 unspecified atom stereocenters. The van der Waals surface area contributed by atoms with Crippen LogP contribution in [0.25, 0.3) is 0 Å². The van der Waals surface area contributed by atoms with Crippen LogP contribution in [0.1, 0.15) is 42.9 Å². The van der Waals surface area contributed by atoms with Gasteiger partial charge in [-0.25, -0.2) is 0 Å². The number of quaternary nitrogens is 1. The summed E-state index contributed by atoms with van der Waals surface area (Å²) in [6, 6.07) is 12.0. The molecule has 2 aromatic carbocycles. The molecular formula is C20H21ClF3N2O+. The molecule has 27 heavy (non-hydrogen) atoms. The van der Waals surface area contributed by atoms with Crippen molar-refractivity contribution in [2.45, 2.75) is 43.9 Å². The maximum atomic E-state index is 13.0. The molecule has 1 saturated carbocycles. The minimum absolute atomic E-state index is 0.0303. The molecule has 0 aromatic heterocycles. The molecule has 0 bridgehead atoms. The van der Waals surface area contributed by atoms with Crippen LogP contribution in [0, 0.1) is 0 Å². The summed E-state index contributed by atoms with van der Waals surface area (Å²) >= 11 is 6.02. The van der Waals surface area contributed by atoms with E-state index in [2.05, 4.69) is 5.32 Å². The van der Waals surface area contributed by atoms with Gasteiger partial charge in [-0.2, -0.15) is 13.2 Å². The van der Waals surface area contributed by atoms with E-state index in [1.165, 1.54) is 0 Å². The molecule has 1 atom stereocenters. The number of hydrogen-bond donors (Lipinski definition) is 2. The number of hydrogen-bond acceptors (Lipinski definition) is 1. The van der Waals surface area contributed by atoms with E-state index in [0.29, 0.717) is 6.04 Å². The Kier molecular flexibility index (Phi) is 6.07. The molecule has 1 aliphatic rings. The molecule has 2 aromatic rings. The minimum atomic E-state index is -4.50. The van der Waals surface area contributed by atoms with Crippen molar-refractivity contribution in [1.29, 1.82) is 0 Å². The first-order chi connectivity index (χ1) is 12.8. The fraction of sp³-hybridized carbons (Fsp3) is 0.350. The van der Waals surface area contributed by atoms with E-state index < -0.39 is 17.8 Å². The van der Waals surface area contributed by atoms with Crippen molar-refractivity contribution in [3.8, 4) is 0 Å². The molecule has 3 N–H and O–H groups in total. The molecule has 3 nitrogen and oxygen atoms in total. The Hall–Kier alpha value is -2.05. The van der Waals surface area contributed by atoms with Gasteiger partial charge < -0.3 is 10.6 Å². The molecule has 1 amide bonds. The largest absolute Gasteiger partial charge is 0.416 e. The third kappa shape index (κ3) is 5.02. The Morgan fingerprint density at radius 2 is 1.78 bits per heavy atom. The van der Waals surface area contributed by atoms with Gasteiger partial charge in [0.25, 0.3) is 5.91 Å². The standard InChI is InChI=1S/C20H20ClF3N2O/c21-16-11-10-14(20(22,23)24)12-17(16)26-19(27)18(13-6-2-1-3-7-13)25-15-8-4-5-9-15/h1-3,6-7,10-12,15,18,25H,4-5,8-9H2,(H,26,27)/p+1/t18-/m1/s1. The fourth-order valence-corrected chi connectivity index (χ4v) is 3.60. The second kappa shape index (κ2) is 8.31. The highest BCUT2D eigenvalue weighted by Crippen LogP contribution is 2.34. The van der Waals surface area contributed by atoms with E-state index in [-0.39, 0.29) is 16.6 Å². The van der Waals surface area contributed by atoms with Gasteiger partial charge in [-0.05, 0) is 43.9 Å².